The van der Waals surface area contributed by atoms with Gasteiger partial charge in [0, 0.05) is 12.5 Å². The van der Waals surface area contributed by atoms with Crippen LogP contribution in [-0.4, -0.2) is 87.9 Å². The maximum atomic E-state index is 10.1. The Morgan fingerprint density at radius 1 is 0.759 bits per heavy atom. The van der Waals surface area contributed by atoms with E-state index in [-0.39, 0.29) is 23.1 Å². The van der Waals surface area contributed by atoms with Gasteiger partial charge in [0.2, 0.25) is 0 Å². The minimum atomic E-state index is -0.750. The van der Waals surface area contributed by atoms with Gasteiger partial charge in [0.25, 0.3) is 12.0 Å². The fourth-order valence-electron chi connectivity index (χ4n) is 3.96. The van der Waals surface area contributed by atoms with E-state index in [0.717, 1.165) is 10.9 Å². The molecule has 0 atom stereocenters. The van der Waals surface area contributed by atoms with E-state index in [1.165, 1.54) is 19.8 Å². The number of hydrogen-bond acceptors (Lipinski definition) is 12. The van der Waals surface area contributed by atoms with Gasteiger partial charge in [-0.05, 0) is 94.4 Å². The van der Waals surface area contributed by atoms with Crippen LogP contribution >= 0.6 is 61.1 Å². The summed E-state index contributed by atoms with van der Waals surface area (Å²) in [6.45, 7) is 14.0. The number of anilines is 2. The van der Waals surface area contributed by atoms with Crippen molar-refractivity contribution in [3.8, 4) is 12.0 Å². The molecule has 0 bridgehead atoms. The largest absolute Gasteiger partial charge is 2.00 e. The number of aryl methyl sites for hydroxylation is 2. The number of benzene rings is 2. The molecule has 0 unspecified atom stereocenters. The van der Waals surface area contributed by atoms with Crippen LogP contribution in [0, 0.1) is 21.0 Å². The first-order valence-corrected chi connectivity index (χ1v) is 19.4. The zero-order chi connectivity index (χ0) is 40.1. The van der Waals surface area contributed by atoms with Crippen molar-refractivity contribution in [2.24, 2.45) is 0 Å². The van der Waals surface area contributed by atoms with Gasteiger partial charge in [-0.1, -0.05) is 81.7 Å². The number of rotatable bonds is 5. The average Bonchev–Trinajstić information content (AvgIpc) is 3.61. The average molecular weight is 1040 g/mol. The molecule has 2 aromatic carbocycles. The Balaban J connectivity index is 0.000000378. The Labute approximate surface area is 368 Å². The molecule has 18 heteroatoms. The van der Waals surface area contributed by atoms with E-state index >= 15 is 0 Å². The molecule has 6 aromatic rings. The minimum absolute atomic E-state index is 0. The second-order valence-corrected chi connectivity index (χ2v) is 16.3. The summed E-state index contributed by atoms with van der Waals surface area (Å²) in [5.41, 5.74) is 15.0. The molecule has 0 aliphatic carbocycles. The molecule has 0 saturated carbocycles. The molecule has 6 rings (SSSR count). The number of H-pyrrole nitrogens is 1. The number of imidazole rings is 2. The standard InChI is InChI=1S/C14H14IN5O.C7H6BrI.C7H9N5O.2C4H9O.Mg/c1-8-17-12(16)11-13(18-8)20(14(19-11)21-2)7-9-4-3-5-10(15)6-9;8-5-6-2-1-3-7(9)4-6;1-3-9-5(8)4-6(10-3)12-7(11-4)13-2;2*1-4(2,3)5;/h3-6H,7H2,1-2H3,(H2,16,17,18);1-4H,5H2;1-2H3,(H3,8,9,10,11,12);2*1-3H3;/q;;;2*-1;+2. The van der Waals surface area contributed by atoms with Crippen molar-refractivity contribution in [3.05, 3.63) is 78.4 Å². The number of hydrogen-bond donors (Lipinski definition) is 3. The molecule has 288 valence electrons. The van der Waals surface area contributed by atoms with Gasteiger partial charge in [0.15, 0.2) is 28.4 Å². The Morgan fingerprint density at radius 3 is 1.74 bits per heavy atom. The minimum Gasteiger partial charge on any atom is -0.850 e. The summed E-state index contributed by atoms with van der Waals surface area (Å²) in [6.07, 6.45) is 0. The molecular weight excluding hydrogens is 994 g/mol. The number of nitrogens with one attached hydrogen (secondary N) is 1. The number of aromatic nitrogens is 8. The maximum Gasteiger partial charge on any atom is 2.00 e. The molecule has 0 fully saturated rings. The molecule has 5 N–H and O–H groups in total. The van der Waals surface area contributed by atoms with Crippen LogP contribution in [0.5, 0.6) is 12.0 Å². The third kappa shape index (κ3) is 18.3. The van der Waals surface area contributed by atoms with E-state index in [4.69, 9.17) is 20.9 Å². The van der Waals surface area contributed by atoms with Gasteiger partial charge in [0.05, 0.1) is 20.8 Å². The van der Waals surface area contributed by atoms with Gasteiger partial charge in [-0.15, -0.1) is 11.2 Å². The number of aromatic amines is 1. The van der Waals surface area contributed by atoms with E-state index in [9.17, 15) is 10.2 Å². The number of alkyl halides is 1. The van der Waals surface area contributed by atoms with E-state index in [1.54, 1.807) is 55.6 Å². The molecule has 0 radical (unpaired) electrons. The summed E-state index contributed by atoms with van der Waals surface area (Å²) in [5.74, 6) is 1.97. The van der Waals surface area contributed by atoms with Gasteiger partial charge in [-0.25, -0.2) is 19.9 Å². The van der Waals surface area contributed by atoms with Crippen molar-refractivity contribution in [1.82, 2.24) is 39.5 Å². The Hall–Kier alpha value is -2.63. The van der Waals surface area contributed by atoms with Gasteiger partial charge in [0.1, 0.15) is 17.2 Å². The van der Waals surface area contributed by atoms with Crippen LogP contribution < -0.4 is 31.2 Å². The molecule has 4 heterocycles. The van der Waals surface area contributed by atoms with Crippen molar-refractivity contribution >= 4 is 118 Å². The van der Waals surface area contributed by atoms with Gasteiger partial charge in [-0.2, -0.15) is 9.97 Å². The monoisotopic (exact) mass is 1040 g/mol. The number of fused-ring (bicyclic) bond motifs is 2. The van der Waals surface area contributed by atoms with Crippen LogP contribution in [0.15, 0.2) is 48.5 Å². The smallest absolute Gasteiger partial charge is 0.850 e. The molecule has 0 spiro atoms. The number of nitrogens with zero attached hydrogens (tertiary/aromatic N) is 7. The summed E-state index contributed by atoms with van der Waals surface area (Å²) >= 11 is 7.99. The van der Waals surface area contributed by atoms with Crippen LogP contribution in [0.3, 0.4) is 0 Å². The SMILES string of the molecule is BrCc1cccc(I)c1.CC(C)(C)[O-].CC(C)(C)[O-].COc1nc2c(N)nc(C)nc2n1Cc1cccc(I)c1.COc1nc2nc(C)nc(N)c2[nH]1.[Mg+2]. The predicted octanol–water partition coefficient (Wildman–Crippen LogP) is 5.73. The third-order valence-corrected chi connectivity index (χ3v) is 7.81. The third-order valence-electron chi connectivity index (χ3n) is 5.82. The molecule has 0 aliphatic rings. The Bertz CT molecular complexity index is 2040. The first-order chi connectivity index (χ1) is 24.6. The van der Waals surface area contributed by atoms with E-state index in [1.807, 2.05) is 17.6 Å². The fourth-order valence-corrected chi connectivity index (χ4v) is 5.52. The summed E-state index contributed by atoms with van der Waals surface area (Å²) in [6, 6.07) is 17.6. The van der Waals surface area contributed by atoms with Gasteiger partial charge < -0.3 is 36.1 Å². The zero-order valence-corrected chi connectivity index (χ0v) is 39.6. The molecular formula is C36H47BrI2MgN10O4. The zero-order valence-electron chi connectivity index (χ0n) is 32.3. The van der Waals surface area contributed by atoms with Crippen LogP contribution in [0.2, 0.25) is 0 Å². The maximum absolute atomic E-state index is 10.1. The number of nitrogen functional groups attached to an aromatic ring is 2. The van der Waals surface area contributed by atoms with Crippen LogP contribution in [-0.2, 0) is 11.9 Å². The summed E-state index contributed by atoms with van der Waals surface area (Å²) < 4.78 is 14.6. The summed E-state index contributed by atoms with van der Waals surface area (Å²) in [5, 5.41) is 21.2. The van der Waals surface area contributed by atoms with Crippen LogP contribution in [0.25, 0.3) is 22.3 Å². The topological polar surface area (TPSA) is 215 Å². The van der Waals surface area contributed by atoms with Crippen molar-refractivity contribution in [2.75, 3.05) is 25.7 Å². The summed E-state index contributed by atoms with van der Waals surface area (Å²) in [4.78, 5) is 28.0. The molecule has 0 aliphatic heterocycles. The van der Waals surface area contributed by atoms with E-state index in [2.05, 4.69) is 138 Å². The Morgan fingerprint density at radius 2 is 1.26 bits per heavy atom. The Kier molecular flexibility index (Phi) is 20.9. The van der Waals surface area contributed by atoms with Crippen molar-refractivity contribution < 1.29 is 19.7 Å². The predicted molar refractivity (Wildman–Crippen MR) is 234 cm³/mol. The number of halogens is 3. The molecule has 0 amide bonds. The number of ether oxygens (including phenoxy) is 2. The second-order valence-electron chi connectivity index (χ2n) is 13.2. The number of methoxy groups -OCH3 is 2. The van der Waals surface area contributed by atoms with Crippen LogP contribution in [0.4, 0.5) is 11.6 Å². The van der Waals surface area contributed by atoms with Crippen molar-refractivity contribution in [2.45, 2.75) is 78.5 Å². The molecule has 54 heavy (non-hydrogen) atoms. The van der Waals surface area contributed by atoms with Crippen molar-refractivity contribution in [3.63, 3.8) is 0 Å². The van der Waals surface area contributed by atoms with Gasteiger partial charge >= 0.3 is 23.1 Å². The first-order valence-electron chi connectivity index (χ1n) is 16.2. The second kappa shape index (κ2) is 22.8. The normalized spacial score (nSPS) is 10.6. The van der Waals surface area contributed by atoms with Crippen molar-refractivity contribution in [1.29, 1.82) is 0 Å². The molecule has 0 saturated heterocycles. The number of nitrogens with two attached hydrogens (primary N) is 2. The fraction of sp³-hybridized carbons (Fsp3) is 0.389. The van der Waals surface area contributed by atoms with Crippen LogP contribution in [0.1, 0.15) is 64.3 Å². The molecule has 14 nitrogen and oxygen atoms in total. The van der Waals surface area contributed by atoms with Gasteiger partial charge in [-0.3, -0.25) is 4.57 Å². The molecule has 4 aromatic heterocycles. The first kappa shape index (κ1) is 49.4. The summed E-state index contributed by atoms with van der Waals surface area (Å²) in [7, 11) is 3.11. The van der Waals surface area contributed by atoms with E-state index < -0.39 is 11.2 Å². The quantitative estimate of drug-likeness (QED) is 0.107. The van der Waals surface area contributed by atoms with E-state index in [0.29, 0.717) is 64.2 Å².